The van der Waals surface area contributed by atoms with Crippen molar-refractivity contribution in [1.82, 2.24) is 19.7 Å². The predicted molar refractivity (Wildman–Crippen MR) is 89.4 cm³/mol. The zero-order valence-electron chi connectivity index (χ0n) is 13.9. The Hall–Kier alpha value is -2.09. The van der Waals surface area contributed by atoms with E-state index in [9.17, 15) is 13.2 Å². The van der Waals surface area contributed by atoms with E-state index in [4.69, 9.17) is 0 Å². The lowest BCUT2D eigenvalue weighted by Gasteiger charge is -2.32. The first-order valence-corrected chi connectivity index (χ1v) is 9.88. The summed E-state index contributed by atoms with van der Waals surface area (Å²) >= 11 is 0. The van der Waals surface area contributed by atoms with E-state index >= 15 is 0 Å². The van der Waals surface area contributed by atoms with Crippen LogP contribution in [-0.4, -0.2) is 53.3 Å². The highest BCUT2D eigenvalue weighted by molar-refractivity contribution is 7.90. The highest BCUT2D eigenvalue weighted by atomic mass is 32.2. The minimum atomic E-state index is -3.29. The zero-order valence-corrected chi connectivity index (χ0v) is 14.7. The van der Waals surface area contributed by atoms with E-state index < -0.39 is 9.84 Å². The summed E-state index contributed by atoms with van der Waals surface area (Å²) in [5.41, 5.74) is 1.31. The average Bonchev–Trinajstić information content (AvgIpc) is 3.15. The maximum absolute atomic E-state index is 12.6. The van der Waals surface area contributed by atoms with Crippen molar-refractivity contribution in [3.05, 3.63) is 35.9 Å². The Bertz CT molecular complexity index is 837. The van der Waals surface area contributed by atoms with E-state index in [1.807, 2.05) is 34.8 Å². The summed E-state index contributed by atoms with van der Waals surface area (Å²) in [5, 5.41) is 6.68. The molecule has 3 heterocycles. The minimum Gasteiger partial charge on any atom is -0.347 e. The molecular formula is C16H22N4O3S. The number of H-pyrrole nitrogens is 1. The molecule has 1 aliphatic rings. The van der Waals surface area contributed by atoms with Gasteiger partial charge in [-0.2, -0.15) is 5.10 Å². The van der Waals surface area contributed by atoms with Crippen molar-refractivity contribution >= 4 is 15.7 Å². The van der Waals surface area contributed by atoms with Crippen molar-refractivity contribution in [2.75, 3.05) is 19.3 Å². The van der Waals surface area contributed by atoms with E-state index in [-0.39, 0.29) is 16.7 Å². The molecule has 0 radical (unpaired) electrons. The number of hydrogen-bond donors (Lipinski definition) is 1. The van der Waals surface area contributed by atoms with Crippen LogP contribution in [0.1, 0.15) is 29.0 Å². The van der Waals surface area contributed by atoms with E-state index in [2.05, 4.69) is 10.2 Å². The molecule has 0 aliphatic carbocycles. The third-order valence-corrected chi connectivity index (χ3v) is 5.69. The zero-order chi connectivity index (χ0) is 17.3. The molecule has 1 saturated heterocycles. The lowest BCUT2D eigenvalue weighted by Crippen LogP contribution is -2.41. The van der Waals surface area contributed by atoms with Crippen molar-refractivity contribution < 1.29 is 13.2 Å². The molecule has 8 heteroatoms. The fourth-order valence-electron chi connectivity index (χ4n) is 3.32. The molecule has 130 valence electrons. The van der Waals surface area contributed by atoms with Crippen LogP contribution in [0.15, 0.2) is 29.4 Å². The Balaban J connectivity index is 1.72. The second kappa shape index (κ2) is 6.43. The van der Waals surface area contributed by atoms with Gasteiger partial charge < -0.3 is 9.47 Å². The first-order valence-electron chi connectivity index (χ1n) is 7.99. The van der Waals surface area contributed by atoms with Gasteiger partial charge in [0.2, 0.25) is 0 Å². The van der Waals surface area contributed by atoms with Crippen LogP contribution >= 0.6 is 0 Å². The SMILES string of the molecule is Cn1cccc1C(=O)N1CCCC(Cc2[nH]ncc2S(C)(=O)=O)C1. The number of hydrogen-bond acceptors (Lipinski definition) is 4. The number of nitrogens with zero attached hydrogens (tertiary/aromatic N) is 3. The summed E-state index contributed by atoms with van der Waals surface area (Å²) in [6, 6.07) is 3.68. The summed E-state index contributed by atoms with van der Waals surface area (Å²) in [7, 11) is -1.43. The molecule has 0 aromatic carbocycles. The first kappa shape index (κ1) is 16.8. The molecule has 3 rings (SSSR count). The molecule has 7 nitrogen and oxygen atoms in total. The van der Waals surface area contributed by atoms with E-state index in [0.717, 1.165) is 19.4 Å². The van der Waals surface area contributed by atoms with Crippen LogP contribution in [-0.2, 0) is 23.3 Å². The summed E-state index contributed by atoms with van der Waals surface area (Å²) in [4.78, 5) is 14.8. The van der Waals surface area contributed by atoms with Crippen molar-refractivity contribution in [2.24, 2.45) is 13.0 Å². The van der Waals surface area contributed by atoms with Gasteiger partial charge in [-0.1, -0.05) is 0 Å². The third kappa shape index (κ3) is 3.38. The number of carbonyl (C=O) groups is 1. The van der Waals surface area contributed by atoms with Gasteiger partial charge in [-0.3, -0.25) is 9.89 Å². The molecule has 1 N–H and O–H groups in total. The standard InChI is InChI=1S/C16H22N4O3S/c1-19-7-4-6-14(19)16(21)20-8-3-5-12(11-20)9-13-15(10-17-18-13)24(2,22)23/h4,6-7,10,12H,3,5,8-9,11H2,1-2H3,(H,17,18). The summed E-state index contributed by atoms with van der Waals surface area (Å²) < 4.78 is 25.4. The van der Waals surface area contributed by atoms with Crippen LogP contribution in [0.2, 0.25) is 0 Å². The number of piperidine rings is 1. The van der Waals surface area contributed by atoms with Crippen molar-refractivity contribution in [1.29, 1.82) is 0 Å². The number of nitrogens with one attached hydrogen (secondary N) is 1. The summed E-state index contributed by atoms with van der Waals surface area (Å²) in [6.45, 7) is 1.37. The molecule has 1 amide bonds. The Morgan fingerprint density at radius 3 is 2.92 bits per heavy atom. The molecule has 2 aromatic heterocycles. The van der Waals surface area contributed by atoms with Crippen LogP contribution in [0.5, 0.6) is 0 Å². The highest BCUT2D eigenvalue weighted by Crippen LogP contribution is 2.24. The molecule has 0 bridgehead atoms. The molecule has 1 unspecified atom stereocenters. The largest absolute Gasteiger partial charge is 0.347 e. The number of rotatable bonds is 4. The number of aromatic nitrogens is 3. The van der Waals surface area contributed by atoms with Crippen LogP contribution in [0, 0.1) is 5.92 Å². The first-order chi connectivity index (χ1) is 11.4. The van der Waals surface area contributed by atoms with Crippen molar-refractivity contribution in [2.45, 2.75) is 24.2 Å². The minimum absolute atomic E-state index is 0.0279. The maximum Gasteiger partial charge on any atom is 0.270 e. The van der Waals surface area contributed by atoms with Gasteiger partial charge in [0, 0.05) is 32.6 Å². The Labute approximate surface area is 141 Å². The van der Waals surface area contributed by atoms with E-state index in [1.165, 1.54) is 12.5 Å². The molecular weight excluding hydrogens is 328 g/mol. The predicted octanol–water partition coefficient (Wildman–Crippen LogP) is 1.25. The van der Waals surface area contributed by atoms with Crippen LogP contribution < -0.4 is 0 Å². The van der Waals surface area contributed by atoms with Gasteiger partial charge in [-0.05, 0) is 37.3 Å². The molecule has 0 spiro atoms. The monoisotopic (exact) mass is 350 g/mol. The van der Waals surface area contributed by atoms with Crippen LogP contribution in [0.25, 0.3) is 0 Å². The lowest BCUT2D eigenvalue weighted by atomic mass is 9.93. The van der Waals surface area contributed by atoms with Crippen LogP contribution in [0.3, 0.4) is 0 Å². The topological polar surface area (TPSA) is 88.1 Å². The van der Waals surface area contributed by atoms with E-state index in [0.29, 0.717) is 24.4 Å². The molecule has 24 heavy (non-hydrogen) atoms. The van der Waals surface area contributed by atoms with E-state index in [1.54, 1.807) is 0 Å². The third-order valence-electron chi connectivity index (χ3n) is 4.54. The van der Waals surface area contributed by atoms with Gasteiger partial charge in [0.25, 0.3) is 5.91 Å². The molecule has 0 saturated carbocycles. The summed E-state index contributed by atoms with van der Waals surface area (Å²) in [5.74, 6) is 0.254. The number of aromatic amines is 1. The van der Waals surface area contributed by atoms with Crippen LogP contribution in [0.4, 0.5) is 0 Å². The second-order valence-electron chi connectivity index (χ2n) is 6.45. The second-order valence-corrected chi connectivity index (χ2v) is 8.44. The normalized spacial score (nSPS) is 18.8. The molecule has 1 aliphatic heterocycles. The smallest absolute Gasteiger partial charge is 0.270 e. The summed E-state index contributed by atoms with van der Waals surface area (Å²) in [6.07, 6.45) is 6.88. The fraction of sp³-hybridized carbons (Fsp3) is 0.500. The van der Waals surface area contributed by atoms with Crippen molar-refractivity contribution in [3.8, 4) is 0 Å². The number of likely N-dealkylation sites (tertiary alicyclic amines) is 1. The van der Waals surface area contributed by atoms with Gasteiger partial charge in [-0.15, -0.1) is 0 Å². The van der Waals surface area contributed by atoms with Gasteiger partial charge in [0.15, 0.2) is 9.84 Å². The van der Waals surface area contributed by atoms with Gasteiger partial charge in [-0.25, -0.2) is 8.42 Å². The fourth-order valence-corrected chi connectivity index (χ4v) is 4.14. The molecule has 1 atom stereocenters. The Morgan fingerprint density at radius 2 is 2.25 bits per heavy atom. The Morgan fingerprint density at radius 1 is 1.46 bits per heavy atom. The Kier molecular flexibility index (Phi) is 4.49. The molecule has 1 fully saturated rings. The maximum atomic E-state index is 12.6. The lowest BCUT2D eigenvalue weighted by molar-refractivity contribution is 0.0662. The number of amides is 1. The van der Waals surface area contributed by atoms with Gasteiger partial charge in [0.1, 0.15) is 10.6 Å². The van der Waals surface area contributed by atoms with Gasteiger partial charge in [0.05, 0.1) is 11.9 Å². The average molecular weight is 350 g/mol. The molecule has 2 aromatic rings. The highest BCUT2D eigenvalue weighted by Gasteiger charge is 2.27. The van der Waals surface area contributed by atoms with Gasteiger partial charge >= 0.3 is 0 Å². The quantitative estimate of drug-likeness (QED) is 0.899. The number of aryl methyl sites for hydroxylation is 1. The number of carbonyl (C=O) groups excluding carboxylic acids is 1. The number of sulfone groups is 1. The van der Waals surface area contributed by atoms with Crippen molar-refractivity contribution in [3.63, 3.8) is 0 Å².